The van der Waals surface area contributed by atoms with Gasteiger partial charge in [0.25, 0.3) is 0 Å². The van der Waals surface area contributed by atoms with Crippen LogP contribution in [0.2, 0.25) is 0 Å². The molecule has 0 bridgehead atoms. The van der Waals surface area contributed by atoms with Crippen molar-refractivity contribution in [2.75, 3.05) is 6.61 Å². The Morgan fingerprint density at radius 1 is 1.00 bits per heavy atom. The van der Waals surface area contributed by atoms with Gasteiger partial charge in [-0.25, -0.2) is 0 Å². The first-order chi connectivity index (χ1) is 5.31. The second kappa shape index (κ2) is 5.29. The Morgan fingerprint density at radius 3 is 1.42 bits per heavy atom. The second-order valence-electron chi connectivity index (χ2n) is 1.45. The van der Waals surface area contributed by atoms with Crippen LogP contribution in [0.25, 0.3) is 0 Å². The lowest BCUT2D eigenvalue weighted by molar-refractivity contribution is -0.390. The van der Waals surface area contributed by atoms with Gasteiger partial charge in [-0.1, -0.05) is 13.8 Å². The lowest BCUT2D eigenvalue weighted by atomic mass is 10.6. The SMILES string of the molecule is CC.CCOC(F)(F)C(F)(F)F. The lowest BCUT2D eigenvalue weighted by Crippen LogP contribution is -2.38. The average Bonchev–Trinajstić information content (AvgIpc) is 1.89. The van der Waals surface area contributed by atoms with Crippen molar-refractivity contribution < 1.29 is 26.7 Å². The molecule has 0 aromatic heterocycles. The first-order valence-corrected chi connectivity index (χ1v) is 3.39. The van der Waals surface area contributed by atoms with Gasteiger partial charge in [0.05, 0.1) is 6.61 Å². The Morgan fingerprint density at radius 2 is 1.33 bits per heavy atom. The maximum Gasteiger partial charge on any atom is 0.482 e. The van der Waals surface area contributed by atoms with Gasteiger partial charge in [0.1, 0.15) is 0 Å². The van der Waals surface area contributed by atoms with Gasteiger partial charge in [-0.3, -0.25) is 0 Å². The minimum Gasteiger partial charge on any atom is -0.314 e. The maximum atomic E-state index is 11.6. The van der Waals surface area contributed by atoms with E-state index in [9.17, 15) is 22.0 Å². The van der Waals surface area contributed by atoms with E-state index in [4.69, 9.17) is 0 Å². The van der Waals surface area contributed by atoms with Crippen molar-refractivity contribution in [3.63, 3.8) is 0 Å². The molecule has 6 heteroatoms. The van der Waals surface area contributed by atoms with E-state index in [2.05, 4.69) is 4.74 Å². The molecule has 0 aliphatic carbocycles. The standard InChI is InChI=1S/C4H5F5O.C2H6/c1-2-10-4(8,9)3(5,6)7;1-2/h2H2,1H3;1-2H3. The fourth-order valence-corrected chi connectivity index (χ4v) is 0.263. The Hall–Kier alpha value is -0.390. The normalized spacial score (nSPS) is 12.0. The van der Waals surface area contributed by atoms with Crippen LogP contribution in [0.4, 0.5) is 22.0 Å². The van der Waals surface area contributed by atoms with Crippen LogP contribution in [0.5, 0.6) is 0 Å². The van der Waals surface area contributed by atoms with Crippen LogP contribution in [0.3, 0.4) is 0 Å². The second-order valence-corrected chi connectivity index (χ2v) is 1.45. The van der Waals surface area contributed by atoms with Crippen LogP contribution in [0.1, 0.15) is 20.8 Å². The van der Waals surface area contributed by atoms with Crippen molar-refractivity contribution in [2.45, 2.75) is 33.1 Å². The van der Waals surface area contributed by atoms with E-state index in [1.54, 1.807) is 0 Å². The largest absolute Gasteiger partial charge is 0.482 e. The van der Waals surface area contributed by atoms with Gasteiger partial charge in [0.15, 0.2) is 0 Å². The molecule has 0 aliphatic heterocycles. The Kier molecular flexibility index (Phi) is 6.24. The summed E-state index contributed by atoms with van der Waals surface area (Å²) < 4.78 is 59.7. The highest BCUT2D eigenvalue weighted by atomic mass is 19.4. The van der Waals surface area contributed by atoms with Crippen LogP contribution < -0.4 is 0 Å². The number of ether oxygens (including phenoxy) is 1. The number of hydrogen-bond acceptors (Lipinski definition) is 1. The molecule has 0 aliphatic rings. The summed E-state index contributed by atoms with van der Waals surface area (Å²) in [6.07, 6.45) is -10.6. The zero-order valence-corrected chi connectivity index (χ0v) is 7.01. The summed E-state index contributed by atoms with van der Waals surface area (Å²) in [4.78, 5) is 0. The number of alkyl halides is 5. The minimum absolute atomic E-state index is 0.674. The lowest BCUT2D eigenvalue weighted by Gasteiger charge is -2.17. The van der Waals surface area contributed by atoms with E-state index >= 15 is 0 Å². The van der Waals surface area contributed by atoms with Gasteiger partial charge >= 0.3 is 12.3 Å². The molecule has 0 radical (unpaired) electrons. The highest BCUT2D eigenvalue weighted by Crippen LogP contribution is 2.35. The molecule has 0 heterocycles. The van der Waals surface area contributed by atoms with Crippen LogP contribution in [0, 0.1) is 0 Å². The third kappa shape index (κ3) is 4.48. The third-order valence-electron chi connectivity index (χ3n) is 0.656. The Bertz CT molecular complexity index is 109. The van der Waals surface area contributed by atoms with E-state index in [1.165, 1.54) is 0 Å². The van der Waals surface area contributed by atoms with Gasteiger partial charge in [-0.05, 0) is 6.92 Å². The summed E-state index contributed by atoms with van der Waals surface area (Å²) in [7, 11) is 0. The minimum atomic E-state index is -5.61. The molecule has 0 rings (SSSR count). The molecule has 0 aromatic rings. The summed E-state index contributed by atoms with van der Waals surface area (Å²) in [6.45, 7) is 4.38. The van der Waals surface area contributed by atoms with E-state index in [0.717, 1.165) is 6.92 Å². The Balaban J connectivity index is 0. The fourth-order valence-electron chi connectivity index (χ4n) is 0.263. The molecule has 0 aromatic carbocycles. The van der Waals surface area contributed by atoms with Crippen LogP contribution in [0.15, 0.2) is 0 Å². The van der Waals surface area contributed by atoms with Gasteiger partial charge < -0.3 is 4.74 Å². The number of halogens is 5. The van der Waals surface area contributed by atoms with Crippen LogP contribution in [-0.4, -0.2) is 18.9 Å². The first-order valence-electron chi connectivity index (χ1n) is 3.39. The van der Waals surface area contributed by atoms with Crippen molar-refractivity contribution >= 4 is 0 Å². The van der Waals surface area contributed by atoms with E-state index in [1.807, 2.05) is 13.8 Å². The van der Waals surface area contributed by atoms with Gasteiger partial charge in [-0.2, -0.15) is 22.0 Å². The molecule has 0 fully saturated rings. The Labute approximate surface area is 67.5 Å². The van der Waals surface area contributed by atoms with Crippen molar-refractivity contribution in [1.29, 1.82) is 0 Å². The monoisotopic (exact) mass is 194 g/mol. The molecular formula is C6H11F5O. The summed E-state index contributed by atoms with van der Waals surface area (Å²) in [5.41, 5.74) is 0. The predicted octanol–water partition coefficient (Wildman–Crippen LogP) is 3.20. The smallest absolute Gasteiger partial charge is 0.314 e. The van der Waals surface area contributed by atoms with E-state index in [0.29, 0.717) is 0 Å². The molecule has 76 valence electrons. The van der Waals surface area contributed by atoms with E-state index < -0.39 is 18.9 Å². The molecule has 0 amide bonds. The summed E-state index contributed by atoms with van der Waals surface area (Å²) in [5, 5.41) is 0. The molecule has 0 saturated heterocycles. The fraction of sp³-hybridized carbons (Fsp3) is 1.00. The highest BCUT2D eigenvalue weighted by molar-refractivity contribution is 4.62. The topological polar surface area (TPSA) is 9.23 Å². The van der Waals surface area contributed by atoms with Crippen LogP contribution >= 0.6 is 0 Å². The third-order valence-corrected chi connectivity index (χ3v) is 0.656. The zero-order valence-electron chi connectivity index (χ0n) is 7.01. The summed E-state index contributed by atoms with van der Waals surface area (Å²) in [6, 6.07) is 0. The molecule has 0 N–H and O–H groups in total. The van der Waals surface area contributed by atoms with Crippen molar-refractivity contribution in [2.24, 2.45) is 0 Å². The predicted molar refractivity (Wildman–Crippen MR) is 34.0 cm³/mol. The molecule has 12 heavy (non-hydrogen) atoms. The molecule has 0 saturated carbocycles. The van der Waals surface area contributed by atoms with Crippen LogP contribution in [-0.2, 0) is 4.74 Å². The van der Waals surface area contributed by atoms with Crippen molar-refractivity contribution in [3.05, 3.63) is 0 Å². The summed E-state index contributed by atoms with van der Waals surface area (Å²) >= 11 is 0. The van der Waals surface area contributed by atoms with E-state index in [-0.39, 0.29) is 0 Å². The molecular weight excluding hydrogens is 183 g/mol. The average molecular weight is 194 g/mol. The number of rotatable bonds is 2. The molecule has 0 spiro atoms. The first kappa shape index (κ1) is 14.2. The van der Waals surface area contributed by atoms with Crippen molar-refractivity contribution in [1.82, 2.24) is 0 Å². The van der Waals surface area contributed by atoms with Crippen molar-refractivity contribution in [3.8, 4) is 0 Å². The summed E-state index contributed by atoms with van der Waals surface area (Å²) in [5.74, 6) is 0. The maximum absolute atomic E-state index is 11.6. The van der Waals surface area contributed by atoms with Gasteiger partial charge in [0, 0.05) is 0 Å². The molecule has 0 unspecified atom stereocenters. The van der Waals surface area contributed by atoms with Gasteiger partial charge in [0.2, 0.25) is 0 Å². The zero-order chi connectivity index (χ0) is 10.4. The molecule has 0 atom stereocenters. The number of hydrogen-bond donors (Lipinski definition) is 0. The quantitative estimate of drug-likeness (QED) is 0.613. The van der Waals surface area contributed by atoms with Gasteiger partial charge in [-0.15, -0.1) is 0 Å². The highest BCUT2D eigenvalue weighted by Gasteiger charge is 2.59. The molecule has 1 nitrogen and oxygen atoms in total.